The number of nitrogens with zero attached hydrogens (tertiary/aromatic N) is 3. The second-order valence-electron chi connectivity index (χ2n) is 4.24. The minimum absolute atomic E-state index is 0.0305. The maximum Gasteiger partial charge on any atom is 0.272 e. The number of carbonyl (C=O) groups excluding carboxylic acids is 1. The van der Waals surface area contributed by atoms with E-state index >= 15 is 0 Å². The van der Waals surface area contributed by atoms with Crippen molar-refractivity contribution in [1.29, 1.82) is 0 Å². The van der Waals surface area contributed by atoms with Gasteiger partial charge in [0.25, 0.3) is 5.91 Å². The number of rotatable bonds is 4. The molecule has 2 aromatic rings. The predicted octanol–water partition coefficient (Wildman–Crippen LogP) is 0.445. The maximum absolute atomic E-state index is 11.8. The number of oxime groups is 1. The number of benzene rings is 1. The van der Waals surface area contributed by atoms with Crippen molar-refractivity contribution in [2.45, 2.75) is 6.54 Å². The summed E-state index contributed by atoms with van der Waals surface area (Å²) in [4.78, 5) is 11.8. The summed E-state index contributed by atoms with van der Waals surface area (Å²) in [6, 6.07) is 8.72. The SMILES string of the molecule is Cn1ccc(C(=O)NCc2cccc(/C(N)=N/O)c2)n1. The van der Waals surface area contributed by atoms with Crippen LogP contribution in [-0.2, 0) is 13.6 Å². The van der Waals surface area contributed by atoms with Gasteiger partial charge in [-0.1, -0.05) is 23.4 Å². The van der Waals surface area contributed by atoms with Crippen molar-refractivity contribution in [3.05, 3.63) is 53.3 Å². The summed E-state index contributed by atoms with van der Waals surface area (Å²) in [5.74, 6) is -0.220. The van der Waals surface area contributed by atoms with E-state index in [1.807, 2.05) is 6.07 Å². The molecule has 0 radical (unpaired) electrons. The fourth-order valence-corrected chi connectivity index (χ4v) is 1.71. The molecular weight excluding hydrogens is 258 g/mol. The molecule has 1 aromatic carbocycles. The van der Waals surface area contributed by atoms with Crippen LogP contribution >= 0.6 is 0 Å². The summed E-state index contributed by atoms with van der Waals surface area (Å²) >= 11 is 0. The van der Waals surface area contributed by atoms with Gasteiger partial charge in [0.05, 0.1) is 0 Å². The van der Waals surface area contributed by atoms with Gasteiger partial charge in [0, 0.05) is 25.4 Å². The van der Waals surface area contributed by atoms with Crippen LogP contribution in [0.2, 0.25) is 0 Å². The van der Waals surface area contributed by atoms with Crippen molar-refractivity contribution in [3.8, 4) is 0 Å². The third kappa shape index (κ3) is 3.14. The van der Waals surface area contributed by atoms with Gasteiger partial charge in [0.15, 0.2) is 5.84 Å². The molecule has 1 aromatic heterocycles. The van der Waals surface area contributed by atoms with Gasteiger partial charge in [-0.05, 0) is 17.7 Å². The lowest BCUT2D eigenvalue weighted by atomic mass is 10.1. The lowest BCUT2D eigenvalue weighted by Gasteiger charge is -2.05. The highest BCUT2D eigenvalue weighted by Crippen LogP contribution is 2.05. The average Bonchev–Trinajstić information content (AvgIpc) is 2.91. The summed E-state index contributed by atoms with van der Waals surface area (Å²) in [6.45, 7) is 0.335. The fourth-order valence-electron chi connectivity index (χ4n) is 1.71. The van der Waals surface area contributed by atoms with E-state index in [1.54, 1.807) is 42.2 Å². The Morgan fingerprint density at radius 1 is 1.50 bits per heavy atom. The monoisotopic (exact) mass is 273 g/mol. The molecule has 0 bridgehead atoms. The number of aryl methyl sites for hydroxylation is 1. The molecule has 7 heteroatoms. The van der Waals surface area contributed by atoms with Gasteiger partial charge in [-0.2, -0.15) is 5.10 Å². The summed E-state index contributed by atoms with van der Waals surface area (Å²) < 4.78 is 1.56. The molecule has 0 aliphatic heterocycles. The highest BCUT2D eigenvalue weighted by Gasteiger charge is 2.08. The summed E-state index contributed by atoms with van der Waals surface area (Å²) in [7, 11) is 1.75. The molecule has 0 atom stereocenters. The van der Waals surface area contributed by atoms with Gasteiger partial charge in [-0.3, -0.25) is 9.48 Å². The first-order valence-corrected chi connectivity index (χ1v) is 5.95. The van der Waals surface area contributed by atoms with Crippen molar-refractivity contribution in [3.63, 3.8) is 0 Å². The number of nitrogens with two attached hydrogens (primary N) is 1. The van der Waals surface area contributed by atoms with Crippen LogP contribution in [0.4, 0.5) is 0 Å². The Morgan fingerprint density at radius 2 is 2.30 bits per heavy atom. The van der Waals surface area contributed by atoms with E-state index < -0.39 is 0 Å². The van der Waals surface area contributed by atoms with Crippen LogP contribution in [0.15, 0.2) is 41.7 Å². The lowest BCUT2D eigenvalue weighted by molar-refractivity contribution is 0.0945. The Morgan fingerprint density at radius 3 is 2.95 bits per heavy atom. The first-order valence-electron chi connectivity index (χ1n) is 5.95. The van der Waals surface area contributed by atoms with Crippen molar-refractivity contribution in [2.24, 2.45) is 17.9 Å². The van der Waals surface area contributed by atoms with Crippen LogP contribution in [0.5, 0.6) is 0 Å². The highest BCUT2D eigenvalue weighted by atomic mass is 16.4. The van der Waals surface area contributed by atoms with E-state index in [9.17, 15) is 4.79 Å². The zero-order valence-corrected chi connectivity index (χ0v) is 10.9. The van der Waals surface area contributed by atoms with E-state index in [0.29, 0.717) is 17.8 Å². The second-order valence-corrected chi connectivity index (χ2v) is 4.24. The quantitative estimate of drug-likeness (QED) is 0.325. The Hall–Kier alpha value is -2.83. The molecule has 2 rings (SSSR count). The number of hydrogen-bond donors (Lipinski definition) is 3. The minimum Gasteiger partial charge on any atom is -0.409 e. The fraction of sp³-hybridized carbons (Fsp3) is 0.154. The number of amides is 1. The van der Waals surface area contributed by atoms with Crippen molar-refractivity contribution < 1.29 is 10.0 Å². The van der Waals surface area contributed by atoms with E-state index in [2.05, 4.69) is 15.6 Å². The molecule has 20 heavy (non-hydrogen) atoms. The summed E-state index contributed by atoms with van der Waals surface area (Å²) in [6.07, 6.45) is 1.70. The van der Waals surface area contributed by atoms with Crippen LogP contribution in [0, 0.1) is 0 Å². The smallest absolute Gasteiger partial charge is 0.272 e. The van der Waals surface area contributed by atoms with Gasteiger partial charge in [-0.25, -0.2) is 0 Å². The molecule has 104 valence electrons. The molecule has 4 N–H and O–H groups in total. The van der Waals surface area contributed by atoms with Crippen LogP contribution in [0.1, 0.15) is 21.6 Å². The lowest BCUT2D eigenvalue weighted by Crippen LogP contribution is -2.23. The van der Waals surface area contributed by atoms with Crippen molar-refractivity contribution in [2.75, 3.05) is 0 Å². The van der Waals surface area contributed by atoms with Crippen LogP contribution in [-0.4, -0.2) is 26.7 Å². The van der Waals surface area contributed by atoms with Gasteiger partial charge in [0.1, 0.15) is 5.69 Å². The van der Waals surface area contributed by atoms with Crippen molar-refractivity contribution >= 4 is 11.7 Å². The first kappa shape index (κ1) is 13.6. The Bertz CT molecular complexity index is 648. The van der Waals surface area contributed by atoms with Crippen molar-refractivity contribution in [1.82, 2.24) is 15.1 Å². The van der Waals surface area contributed by atoms with E-state index in [4.69, 9.17) is 10.9 Å². The standard InChI is InChI=1S/C13H15N5O2/c1-18-6-5-11(16-18)13(19)15-8-9-3-2-4-10(7-9)12(14)17-20/h2-7,20H,8H2,1H3,(H2,14,17)(H,15,19). The number of aromatic nitrogens is 2. The van der Waals surface area contributed by atoms with E-state index in [1.165, 1.54) is 0 Å². The number of carbonyl (C=O) groups is 1. The van der Waals surface area contributed by atoms with Gasteiger partial charge >= 0.3 is 0 Å². The molecule has 0 unspecified atom stereocenters. The summed E-state index contributed by atoms with van der Waals surface area (Å²) in [5.41, 5.74) is 7.31. The molecule has 7 nitrogen and oxygen atoms in total. The largest absolute Gasteiger partial charge is 0.409 e. The van der Waals surface area contributed by atoms with E-state index in [0.717, 1.165) is 5.56 Å². The van der Waals surface area contributed by atoms with Gasteiger partial charge in [0.2, 0.25) is 0 Å². The van der Waals surface area contributed by atoms with Crippen LogP contribution < -0.4 is 11.1 Å². The Labute approximate surface area is 115 Å². The molecule has 1 amide bonds. The van der Waals surface area contributed by atoms with Crippen LogP contribution in [0.3, 0.4) is 0 Å². The zero-order chi connectivity index (χ0) is 14.5. The molecule has 0 saturated heterocycles. The van der Waals surface area contributed by atoms with Crippen LogP contribution in [0.25, 0.3) is 0 Å². The average molecular weight is 273 g/mol. The third-order valence-corrected chi connectivity index (χ3v) is 2.73. The minimum atomic E-state index is -0.250. The normalized spacial score (nSPS) is 11.3. The molecule has 0 aliphatic rings. The number of amidine groups is 1. The Balaban J connectivity index is 2.02. The predicted molar refractivity (Wildman–Crippen MR) is 73.3 cm³/mol. The topological polar surface area (TPSA) is 106 Å². The molecule has 1 heterocycles. The maximum atomic E-state index is 11.8. The summed E-state index contributed by atoms with van der Waals surface area (Å²) in [5, 5.41) is 18.3. The molecular formula is C13H15N5O2. The van der Waals surface area contributed by atoms with E-state index in [-0.39, 0.29) is 11.7 Å². The highest BCUT2D eigenvalue weighted by molar-refractivity contribution is 5.97. The molecule has 0 spiro atoms. The number of hydrogen-bond acceptors (Lipinski definition) is 4. The molecule has 0 saturated carbocycles. The van der Waals surface area contributed by atoms with Gasteiger partial charge in [-0.15, -0.1) is 0 Å². The number of nitrogens with one attached hydrogen (secondary N) is 1. The zero-order valence-electron chi connectivity index (χ0n) is 10.9. The first-order chi connectivity index (χ1) is 9.60. The van der Waals surface area contributed by atoms with Gasteiger partial charge < -0.3 is 16.3 Å². The molecule has 0 fully saturated rings. The molecule has 0 aliphatic carbocycles. The second kappa shape index (κ2) is 5.87. The third-order valence-electron chi connectivity index (χ3n) is 2.73. The Kier molecular flexibility index (Phi) is 3.99.